The van der Waals surface area contributed by atoms with Gasteiger partial charge in [-0.2, -0.15) is 0 Å². The number of carbonyl (C=O) groups is 3. The highest BCUT2D eigenvalue weighted by Gasteiger charge is 2.51. The Hall–Kier alpha value is -1.39. The van der Waals surface area contributed by atoms with Crippen LogP contribution in [0, 0.1) is 17.3 Å². The van der Waals surface area contributed by atoms with Gasteiger partial charge in [-0.15, -0.1) is 0 Å². The zero-order valence-corrected chi connectivity index (χ0v) is 10.4. The molecule has 0 spiro atoms. The van der Waals surface area contributed by atoms with E-state index in [1.165, 1.54) is 6.92 Å². The molecule has 0 radical (unpaired) electrons. The van der Waals surface area contributed by atoms with Crippen molar-refractivity contribution in [1.82, 2.24) is 0 Å². The first kappa shape index (κ1) is 13.7. The fraction of sp³-hybridized carbons (Fsp3) is 0.750. The Labute approximate surface area is 100 Å². The molecule has 0 saturated heterocycles. The topological polar surface area (TPSA) is 80.7 Å². The fourth-order valence-electron chi connectivity index (χ4n) is 2.39. The van der Waals surface area contributed by atoms with Crippen LogP contribution in [0.3, 0.4) is 0 Å². The number of carbonyl (C=O) groups excluding carboxylic acids is 2. The van der Waals surface area contributed by atoms with Gasteiger partial charge >= 0.3 is 11.9 Å². The Balaban J connectivity index is 2.51. The third kappa shape index (κ3) is 3.05. The lowest BCUT2D eigenvalue weighted by Gasteiger charge is -2.50. The molecule has 1 N–H and O–H groups in total. The summed E-state index contributed by atoms with van der Waals surface area (Å²) in [4.78, 5) is 33.0. The lowest BCUT2D eigenvalue weighted by Crippen LogP contribution is -2.50. The molecule has 1 saturated carbocycles. The van der Waals surface area contributed by atoms with Crippen molar-refractivity contribution < 1.29 is 24.2 Å². The Morgan fingerprint density at radius 1 is 1.35 bits per heavy atom. The summed E-state index contributed by atoms with van der Waals surface area (Å²) >= 11 is 0. The van der Waals surface area contributed by atoms with Gasteiger partial charge in [-0.3, -0.25) is 14.4 Å². The fourth-order valence-corrected chi connectivity index (χ4v) is 2.39. The summed E-state index contributed by atoms with van der Waals surface area (Å²) in [6.45, 7) is 4.83. The van der Waals surface area contributed by atoms with Crippen LogP contribution in [0.1, 0.15) is 33.6 Å². The van der Waals surface area contributed by atoms with Crippen LogP contribution >= 0.6 is 0 Å². The van der Waals surface area contributed by atoms with E-state index in [1.807, 2.05) is 13.8 Å². The molecular weight excluding hydrogens is 224 g/mol. The van der Waals surface area contributed by atoms with Gasteiger partial charge in [0.2, 0.25) is 0 Å². The number of esters is 1. The third-order valence-electron chi connectivity index (χ3n) is 3.70. The van der Waals surface area contributed by atoms with Gasteiger partial charge in [-0.25, -0.2) is 0 Å². The predicted octanol–water partition coefficient (Wildman–Crippen LogP) is 1.26. The van der Waals surface area contributed by atoms with Crippen LogP contribution in [0.2, 0.25) is 0 Å². The first-order chi connectivity index (χ1) is 7.75. The van der Waals surface area contributed by atoms with E-state index in [2.05, 4.69) is 4.74 Å². The highest BCUT2D eigenvalue weighted by atomic mass is 16.5. The van der Waals surface area contributed by atoms with E-state index in [-0.39, 0.29) is 36.1 Å². The minimum atomic E-state index is -0.839. The van der Waals surface area contributed by atoms with Crippen LogP contribution in [0.15, 0.2) is 0 Å². The Morgan fingerprint density at radius 3 is 2.35 bits per heavy atom. The molecule has 0 aromatic carbocycles. The number of hydrogen-bond donors (Lipinski definition) is 1. The molecule has 5 nitrogen and oxygen atoms in total. The van der Waals surface area contributed by atoms with Crippen molar-refractivity contribution in [2.45, 2.75) is 33.6 Å². The Morgan fingerprint density at radius 2 is 1.94 bits per heavy atom. The largest absolute Gasteiger partial charge is 0.481 e. The molecule has 0 heterocycles. The van der Waals surface area contributed by atoms with E-state index in [1.54, 1.807) is 0 Å². The van der Waals surface area contributed by atoms with Crippen molar-refractivity contribution in [2.24, 2.45) is 17.3 Å². The molecule has 0 bridgehead atoms. The number of ketones is 1. The van der Waals surface area contributed by atoms with Crippen LogP contribution < -0.4 is 0 Å². The molecule has 0 aliphatic heterocycles. The van der Waals surface area contributed by atoms with Crippen molar-refractivity contribution in [2.75, 3.05) is 6.61 Å². The molecule has 5 heteroatoms. The first-order valence-electron chi connectivity index (χ1n) is 5.63. The van der Waals surface area contributed by atoms with Gasteiger partial charge in [0.15, 0.2) is 5.78 Å². The van der Waals surface area contributed by atoms with Crippen molar-refractivity contribution in [3.8, 4) is 0 Å². The smallest absolute Gasteiger partial charge is 0.303 e. The van der Waals surface area contributed by atoms with Gasteiger partial charge in [0.1, 0.15) is 6.61 Å². The summed E-state index contributed by atoms with van der Waals surface area (Å²) in [5.41, 5.74) is -0.324. The summed E-state index contributed by atoms with van der Waals surface area (Å²) in [5.74, 6) is -1.61. The number of carboxylic acid groups (broad SMARTS) is 1. The maximum absolute atomic E-state index is 11.8. The number of ether oxygens (including phenoxy) is 1. The van der Waals surface area contributed by atoms with E-state index >= 15 is 0 Å². The number of carboxylic acids is 1. The molecule has 0 aromatic heterocycles. The minimum absolute atomic E-state index is 0.0197. The van der Waals surface area contributed by atoms with Gasteiger partial charge in [0, 0.05) is 19.3 Å². The van der Waals surface area contributed by atoms with E-state index in [0.717, 1.165) is 0 Å². The molecule has 1 fully saturated rings. The van der Waals surface area contributed by atoms with Gasteiger partial charge in [-0.05, 0) is 17.8 Å². The van der Waals surface area contributed by atoms with Gasteiger partial charge < -0.3 is 9.84 Å². The maximum Gasteiger partial charge on any atom is 0.303 e. The molecule has 0 unspecified atom stereocenters. The SMILES string of the molecule is CC(=O)OCC(=O)[C@H]1C[C@@H](CC(=O)O)C1(C)C. The molecule has 0 amide bonds. The van der Waals surface area contributed by atoms with Crippen molar-refractivity contribution >= 4 is 17.7 Å². The summed E-state index contributed by atoms with van der Waals surface area (Å²) in [6, 6.07) is 0. The van der Waals surface area contributed by atoms with Gasteiger partial charge in [-0.1, -0.05) is 13.8 Å². The van der Waals surface area contributed by atoms with Gasteiger partial charge in [0.05, 0.1) is 0 Å². The van der Waals surface area contributed by atoms with Crippen LogP contribution in [-0.4, -0.2) is 29.4 Å². The standard InChI is InChI=1S/C12H18O5/c1-7(13)17-6-10(14)9-4-8(5-11(15)16)12(9,2)3/h8-9H,4-6H2,1-3H3,(H,15,16)/t8-,9+/m0/s1. The highest BCUT2D eigenvalue weighted by molar-refractivity contribution is 5.86. The summed E-state index contributed by atoms with van der Waals surface area (Å²) in [6.07, 6.45) is 0.656. The van der Waals surface area contributed by atoms with Crippen molar-refractivity contribution in [3.63, 3.8) is 0 Å². The van der Waals surface area contributed by atoms with Crippen LogP contribution in [0.5, 0.6) is 0 Å². The molecule has 1 aliphatic rings. The monoisotopic (exact) mass is 242 g/mol. The van der Waals surface area contributed by atoms with Crippen LogP contribution in [0.25, 0.3) is 0 Å². The van der Waals surface area contributed by atoms with E-state index in [0.29, 0.717) is 6.42 Å². The molecule has 1 aliphatic carbocycles. The van der Waals surface area contributed by atoms with Crippen molar-refractivity contribution in [1.29, 1.82) is 0 Å². The number of Topliss-reactive ketones (excluding diaryl/α,β-unsaturated/α-hetero) is 1. The van der Waals surface area contributed by atoms with Crippen LogP contribution in [-0.2, 0) is 19.1 Å². The lowest BCUT2D eigenvalue weighted by molar-refractivity contribution is -0.156. The average Bonchev–Trinajstić information content (AvgIpc) is 2.20. The second kappa shape index (κ2) is 4.85. The number of aliphatic carboxylic acids is 1. The summed E-state index contributed by atoms with van der Waals surface area (Å²) in [7, 11) is 0. The average molecular weight is 242 g/mol. The molecule has 2 atom stereocenters. The Bertz CT molecular complexity index is 345. The molecule has 1 rings (SSSR count). The predicted molar refractivity (Wildman–Crippen MR) is 59.3 cm³/mol. The zero-order valence-electron chi connectivity index (χ0n) is 10.4. The summed E-state index contributed by atoms with van der Waals surface area (Å²) in [5, 5.41) is 8.73. The normalized spacial score (nSPS) is 25.8. The van der Waals surface area contributed by atoms with E-state index < -0.39 is 11.9 Å². The van der Waals surface area contributed by atoms with Gasteiger partial charge in [0.25, 0.3) is 0 Å². The summed E-state index contributed by atoms with van der Waals surface area (Å²) < 4.78 is 4.67. The third-order valence-corrected chi connectivity index (χ3v) is 3.70. The molecule has 96 valence electrons. The van der Waals surface area contributed by atoms with Crippen molar-refractivity contribution in [3.05, 3.63) is 0 Å². The highest BCUT2D eigenvalue weighted by Crippen LogP contribution is 2.53. The molecule has 0 aromatic rings. The molecular formula is C12H18O5. The number of hydrogen-bond acceptors (Lipinski definition) is 4. The Kier molecular flexibility index (Phi) is 3.91. The van der Waals surface area contributed by atoms with Crippen LogP contribution in [0.4, 0.5) is 0 Å². The van der Waals surface area contributed by atoms with E-state index in [4.69, 9.17) is 5.11 Å². The first-order valence-corrected chi connectivity index (χ1v) is 5.63. The lowest BCUT2D eigenvalue weighted by atomic mass is 9.52. The van der Waals surface area contributed by atoms with E-state index in [9.17, 15) is 14.4 Å². The maximum atomic E-state index is 11.8. The quantitative estimate of drug-likeness (QED) is 0.734. The second-order valence-electron chi connectivity index (χ2n) is 5.15. The second-order valence-corrected chi connectivity index (χ2v) is 5.15. The zero-order chi connectivity index (χ0) is 13.2. The number of rotatable bonds is 5. The minimum Gasteiger partial charge on any atom is -0.481 e. The molecule has 17 heavy (non-hydrogen) atoms.